The molecule has 0 aliphatic heterocycles. The fourth-order valence-electron chi connectivity index (χ4n) is 1.70. The molecule has 0 unspecified atom stereocenters. The summed E-state index contributed by atoms with van der Waals surface area (Å²) in [5, 5.41) is 3.48. The summed E-state index contributed by atoms with van der Waals surface area (Å²) < 4.78 is 10.2. The van der Waals surface area contributed by atoms with E-state index in [0.29, 0.717) is 23.9 Å². The third kappa shape index (κ3) is 5.09. The van der Waals surface area contributed by atoms with Crippen LogP contribution in [0, 0.1) is 6.92 Å². The van der Waals surface area contributed by atoms with E-state index in [2.05, 4.69) is 5.32 Å². The predicted molar refractivity (Wildman–Crippen MR) is 75.9 cm³/mol. The van der Waals surface area contributed by atoms with Gasteiger partial charge < -0.3 is 14.8 Å². The number of benzene rings is 1. The molecule has 1 aromatic rings. The van der Waals surface area contributed by atoms with Gasteiger partial charge in [0.25, 0.3) is 0 Å². The normalized spacial score (nSPS) is 10.3. The minimum Gasteiger partial charge on any atom is -0.496 e. The first kappa shape index (κ1) is 15.8. The van der Waals surface area contributed by atoms with Gasteiger partial charge in [0.15, 0.2) is 0 Å². The van der Waals surface area contributed by atoms with Crippen LogP contribution in [0.2, 0.25) is 5.02 Å². The number of carbonyl (C=O) groups excluding carboxylic acids is 1. The molecule has 0 radical (unpaired) electrons. The van der Waals surface area contributed by atoms with Gasteiger partial charge in [-0.15, -0.1) is 0 Å². The molecular formula is C14H20ClNO3. The van der Waals surface area contributed by atoms with Gasteiger partial charge in [0, 0.05) is 30.8 Å². The van der Waals surface area contributed by atoms with Crippen molar-refractivity contribution in [1.29, 1.82) is 0 Å². The number of hydrogen-bond donors (Lipinski definition) is 1. The van der Waals surface area contributed by atoms with Crippen LogP contribution in [0.3, 0.4) is 0 Å². The molecule has 0 aliphatic rings. The molecule has 0 fully saturated rings. The zero-order chi connectivity index (χ0) is 14.3. The number of nitrogens with one attached hydrogen (secondary N) is 1. The lowest BCUT2D eigenvalue weighted by molar-refractivity contribution is -0.120. The van der Waals surface area contributed by atoms with Crippen molar-refractivity contribution < 1.29 is 14.3 Å². The molecule has 1 aromatic carbocycles. The van der Waals surface area contributed by atoms with E-state index < -0.39 is 0 Å². The molecule has 19 heavy (non-hydrogen) atoms. The van der Waals surface area contributed by atoms with Crippen LogP contribution in [0.15, 0.2) is 12.1 Å². The van der Waals surface area contributed by atoms with E-state index in [1.807, 2.05) is 13.0 Å². The van der Waals surface area contributed by atoms with Gasteiger partial charge in [-0.1, -0.05) is 11.6 Å². The van der Waals surface area contributed by atoms with Gasteiger partial charge >= 0.3 is 0 Å². The number of carbonyl (C=O) groups is 1. The van der Waals surface area contributed by atoms with E-state index in [9.17, 15) is 4.79 Å². The number of amides is 1. The number of hydrogen-bond acceptors (Lipinski definition) is 3. The lowest BCUT2D eigenvalue weighted by atomic mass is 10.1. The highest BCUT2D eigenvalue weighted by atomic mass is 35.5. The molecule has 0 spiro atoms. The lowest BCUT2D eigenvalue weighted by Gasteiger charge is -2.11. The van der Waals surface area contributed by atoms with E-state index >= 15 is 0 Å². The van der Waals surface area contributed by atoms with Crippen molar-refractivity contribution in [3.63, 3.8) is 0 Å². The van der Waals surface area contributed by atoms with E-state index in [4.69, 9.17) is 21.1 Å². The third-order valence-corrected chi connectivity index (χ3v) is 3.17. The zero-order valence-electron chi connectivity index (χ0n) is 11.6. The molecule has 1 N–H and O–H groups in total. The maximum absolute atomic E-state index is 11.8. The molecule has 106 valence electrons. The number of aryl methyl sites for hydroxylation is 1. The minimum atomic E-state index is -0.0469. The first-order valence-electron chi connectivity index (χ1n) is 6.17. The lowest BCUT2D eigenvalue weighted by Crippen LogP contribution is -2.26. The first-order chi connectivity index (χ1) is 9.08. The molecule has 0 heterocycles. The van der Waals surface area contributed by atoms with Crippen molar-refractivity contribution in [2.45, 2.75) is 19.8 Å². The Labute approximate surface area is 119 Å². The van der Waals surface area contributed by atoms with E-state index in [1.165, 1.54) is 0 Å². The standard InChI is InChI=1S/C14H20ClNO3/c1-10-7-13(19-3)11(8-12(10)15)9-14(17)16-5-4-6-18-2/h7-8H,4-6,9H2,1-3H3,(H,16,17). The van der Waals surface area contributed by atoms with Gasteiger partial charge in [-0.2, -0.15) is 0 Å². The Morgan fingerprint density at radius 2 is 2.11 bits per heavy atom. The van der Waals surface area contributed by atoms with E-state index in [1.54, 1.807) is 20.3 Å². The van der Waals surface area contributed by atoms with Crippen molar-refractivity contribution >= 4 is 17.5 Å². The summed E-state index contributed by atoms with van der Waals surface area (Å²) in [6, 6.07) is 3.63. The average Bonchev–Trinajstić information content (AvgIpc) is 2.38. The third-order valence-electron chi connectivity index (χ3n) is 2.76. The van der Waals surface area contributed by atoms with E-state index in [-0.39, 0.29) is 12.3 Å². The highest BCUT2D eigenvalue weighted by molar-refractivity contribution is 6.31. The van der Waals surface area contributed by atoms with Gasteiger partial charge in [0.05, 0.1) is 13.5 Å². The molecule has 1 amide bonds. The number of rotatable bonds is 7. The Morgan fingerprint density at radius 3 is 2.74 bits per heavy atom. The predicted octanol–water partition coefficient (Wildman–Crippen LogP) is 2.35. The number of methoxy groups -OCH3 is 2. The van der Waals surface area contributed by atoms with Crippen LogP contribution in [-0.2, 0) is 16.0 Å². The summed E-state index contributed by atoms with van der Waals surface area (Å²) in [5.74, 6) is 0.642. The monoisotopic (exact) mass is 285 g/mol. The largest absolute Gasteiger partial charge is 0.496 e. The van der Waals surface area contributed by atoms with Crippen molar-refractivity contribution in [3.05, 3.63) is 28.3 Å². The fourth-order valence-corrected chi connectivity index (χ4v) is 1.89. The SMILES string of the molecule is COCCCNC(=O)Cc1cc(Cl)c(C)cc1OC. The molecular weight excluding hydrogens is 266 g/mol. The van der Waals surface area contributed by atoms with Crippen LogP contribution >= 0.6 is 11.6 Å². The summed E-state index contributed by atoms with van der Waals surface area (Å²) in [6.07, 6.45) is 1.06. The van der Waals surface area contributed by atoms with Crippen LogP contribution in [0.1, 0.15) is 17.5 Å². The number of ether oxygens (including phenoxy) is 2. The van der Waals surface area contributed by atoms with Crippen molar-refractivity contribution in [2.75, 3.05) is 27.4 Å². The Morgan fingerprint density at radius 1 is 1.37 bits per heavy atom. The first-order valence-corrected chi connectivity index (χ1v) is 6.55. The summed E-state index contributed by atoms with van der Waals surface area (Å²) >= 11 is 6.07. The van der Waals surface area contributed by atoms with E-state index in [0.717, 1.165) is 17.5 Å². The Bertz CT molecular complexity index is 435. The average molecular weight is 286 g/mol. The quantitative estimate of drug-likeness (QED) is 0.782. The number of halogens is 1. The highest BCUT2D eigenvalue weighted by Gasteiger charge is 2.11. The summed E-state index contributed by atoms with van der Waals surface area (Å²) in [4.78, 5) is 11.8. The second-order valence-corrected chi connectivity index (χ2v) is 4.69. The topological polar surface area (TPSA) is 47.6 Å². The van der Waals surface area contributed by atoms with Gasteiger partial charge in [-0.3, -0.25) is 4.79 Å². The van der Waals surface area contributed by atoms with Gasteiger partial charge in [0.2, 0.25) is 5.91 Å². The van der Waals surface area contributed by atoms with Crippen LogP contribution in [0.25, 0.3) is 0 Å². The second kappa shape index (κ2) is 8.02. The molecule has 4 nitrogen and oxygen atoms in total. The Hall–Kier alpha value is -1.26. The van der Waals surface area contributed by atoms with Crippen molar-refractivity contribution in [1.82, 2.24) is 5.32 Å². The highest BCUT2D eigenvalue weighted by Crippen LogP contribution is 2.26. The molecule has 0 atom stereocenters. The van der Waals surface area contributed by atoms with Crippen LogP contribution in [0.4, 0.5) is 0 Å². The summed E-state index contributed by atoms with van der Waals surface area (Å²) in [6.45, 7) is 3.15. The van der Waals surface area contributed by atoms with Gasteiger partial charge in [-0.05, 0) is 31.0 Å². The molecule has 5 heteroatoms. The maximum atomic E-state index is 11.8. The van der Waals surface area contributed by atoms with Crippen molar-refractivity contribution in [2.24, 2.45) is 0 Å². The zero-order valence-corrected chi connectivity index (χ0v) is 12.3. The maximum Gasteiger partial charge on any atom is 0.224 e. The van der Waals surface area contributed by atoms with Crippen LogP contribution in [0.5, 0.6) is 5.75 Å². The van der Waals surface area contributed by atoms with Crippen molar-refractivity contribution in [3.8, 4) is 5.75 Å². The van der Waals surface area contributed by atoms with Gasteiger partial charge in [-0.25, -0.2) is 0 Å². The molecule has 0 saturated carbocycles. The van der Waals surface area contributed by atoms with Gasteiger partial charge in [0.1, 0.15) is 5.75 Å². The molecule has 1 rings (SSSR count). The minimum absolute atomic E-state index is 0.0469. The molecule has 0 aliphatic carbocycles. The Kier molecular flexibility index (Phi) is 6.67. The summed E-state index contributed by atoms with van der Waals surface area (Å²) in [7, 11) is 3.23. The molecule has 0 aromatic heterocycles. The fraction of sp³-hybridized carbons (Fsp3) is 0.500. The van der Waals surface area contributed by atoms with Crippen LogP contribution < -0.4 is 10.1 Å². The van der Waals surface area contributed by atoms with Crippen LogP contribution in [-0.4, -0.2) is 33.3 Å². The second-order valence-electron chi connectivity index (χ2n) is 4.29. The Balaban J connectivity index is 2.60. The molecule has 0 bridgehead atoms. The molecule has 0 saturated heterocycles. The summed E-state index contributed by atoms with van der Waals surface area (Å²) in [5.41, 5.74) is 1.73. The smallest absolute Gasteiger partial charge is 0.224 e.